The summed E-state index contributed by atoms with van der Waals surface area (Å²) in [6, 6.07) is 7.76. The Labute approximate surface area is 189 Å². The SMILES string of the molecule is C=CC[C@H](CC[C@@H](/C=C/C(=O)OC)OCc1ccc(OC)cc1)O[Si](C)(C)C(C)(C)C. The van der Waals surface area contributed by atoms with E-state index in [0.29, 0.717) is 6.61 Å². The van der Waals surface area contributed by atoms with E-state index in [1.807, 2.05) is 30.3 Å². The monoisotopic (exact) mass is 448 g/mol. The molecule has 1 aromatic carbocycles. The minimum atomic E-state index is -1.89. The molecule has 0 aliphatic rings. The molecule has 0 spiro atoms. The molecule has 174 valence electrons. The number of benzene rings is 1. The predicted molar refractivity (Wildman–Crippen MR) is 129 cm³/mol. The van der Waals surface area contributed by atoms with Crippen LogP contribution < -0.4 is 4.74 Å². The molecule has 2 atom stereocenters. The first-order chi connectivity index (χ1) is 14.5. The van der Waals surface area contributed by atoms with Gasteiger partial charge in [-0.2, -0.15) is 0 Å². The lowest BCUT2D eigenvalue weighted by Crippen LogP contribution is -2.44. The van der Waals surface area contributed by atoms with Crippen molar-refractivity contribution in [1.82, 2.24) is 0 Å². The highest BCUT2D eigenvalue weighted by Gasteiger charge is 2.38. The van der Waals surface area contributed by atoms with Gasteiger partial charge in [0.1, 0.15) is 5.75 Å². The van der Waals surface area contributed by atoms with Gasteiger partial charge in [0.05, 0.1) is 26.9 Å². The Kier molecular flexibility index (Phi) is 11.2. The highest BCUT2D eigenvalue weighted by molar-refractivity contribution is 6.74. The van der Waals surface area contributed by atoms with Crippen LogP contribution in [0.4, 0.5) is 0 Å². The third kappa shape index (κ3) is 9.85. The molecule has 6 heteroatoms. The van der Waals surface area contributed by atoms with Crippen molar-refractivity contribution >= 4 is 14.3 Å². The van der Waals surface area contributed by atoms with Gasteiger partial charge in [0.15, 0.2) is 8.32 Å². The molecule has 0 saturated heterocycles. The Bertz CT molecular complexity index is 704. The normalized spacial score (nSPS) is 14.3. The third-order valence-corrected chi connectivity index (χ3v) is 10.3. The maximum Gasteiger partial charge on any atom is 0.330 e. The number of rotatable bonds is 13. The zero-order valence-corrected chi connectivity index (χ0v) is 21.3. The molecule has 0 fully saturated rings. The molecule has 0 heterocycles. The maximum atomic E-state index is 11.6. The van der Waals surface area contributed by atoms with Gasteiger partial charge in [-0.1, -0.05) is 39.0 Å². The zero-order chi connectivity index (χ0) is 23.5. The number of ether oxygens (including phenoxy) is 3. The first-order valence-electron chi connectivity index (χ1n) is 10.8. The van der Waals surface area contributed by atoms with Gasteiger partial charge in [0.25, 0.3) is 0 Å². The summed E-state index contributed by atoms with van der Waals surface area (Å²) in [6.45, 7) is 15.6. The highest BCUT2D eigenvalue weighted by Crippen LogP contribution is 2.38. The summed E-state index contributed by atoms with van der Waals surface area (Å²) in [4.78, 5) is 11.6. The zero-order valence-electron chi connectivity index (χ0n) is 20.3. The minimum absolute atomic E-state index is 0.0806. The summed E-state index contributed by atoms with van der Waals surface area (Å²) in [5, 5.41) is 0.140. The van der Waals surface area contributed by atoms with Gasteiger partial charge in [-0.25, -0.2) is 4.79 Å². The fourth-order valence-electron chi connectivity index (χ4n) is 2.77. The van der Waals surface area contributed by atoms with Crippen LogP contribution >= 0.6 is 0 Å². The molecule has 0 bridgehead atoms. The summed E-state index contributed by atoms with van der Waals surface area (Å²) in [7, 11) is 1.12. The summed E-state index contributed by atoms with van der Waals surface area (Å²) < 4.78 is 22.7. The van der Waals surface area contributed by atoms with E-state index in [0.717, 1.165) is 30.6 Å². The van der Waals surface area contributed by atoms with Crippen LogP contribution in [0.2, 0.25) is 18.1 Å². The van der Waals surface area contributed by atoms with Crippen LogP contribution in [0.25, 0.3) is 0 Å². The van der Waals surface area contributed by atoms with Crippen molar-refractivity contribution in [3.05, 3.63) is 54.6 Å². The molecule has 0 saturated carbocycles. The lowest BCUT2D eigenvalue weighted by Gasteiger charge is -2.39. The Balaban J connectivity index is 2.82. The van der Waals surface area contributed by atoms with Crippen molar-refractivity contribution in [3.63, 3.8) is 0 Å². The van der Waals surface area contributed by atoms with E-state index < -0.39 is 14.3 Å². The molecule has 1 rings (SSSR count). The molecule has 0 aliphatic heterocycles. The number of carbonyl (C=O) groups excluding carboxylic acids is 1. The van der Waals surface area contributed by atoms with Gasteiger partial charge >= 0.3 is 5.97 Å². The summed E-state index contributed by atoms with van der Waals surface area (Å²) >= 11 is 0. The highest BCUT2D eigenvalue weighted by atomic mass is 28.4. The summed E-state index contributed by atoms with van der Waals surface area (Å²) in [5.41, 5.74) is 1.04. The van der Waals surface area contributed by atoms with Gasteiger partial charge < -0.3 is 18.6 Å². The van der Waals surface area contributed by atoms with Crippen LogP contribution in [0.3, 0.4) is 0 Å². The predicted octanol–water partition coefficient (Wildman–Crippen LogP) is 6.06. The van der Waals surface area contributed by atoms with Crippen LogP contribution in [0.1, 0.15) is 45.6 Å². The quantitative estimate of drug-likeness (QED) is 0.159. The fraction of sp³-hybridized carbons (Fsp3) is 0.560. The second kappa shape index (κ2) is 12.8. The molecule has 0 radical (unpaired) electrons. The van der Waals surface area contributed by atoms with Crippen LogP contribution in [0.15, 0.2) is 49.1 Å². The smallest absolute Gasteiger partial charge is 0.330 e. The Hall–Kier alpha value is -1.89. The van der Waals surface area contributed by atoms with Gasteiger partial charge in [0, 0.05) is 12.2 Å². The molecule has 0 amide bonds. The van der Waals surface area contributed by atoms with Crippen molar-refractivity contribution in [1.29, 1.82) is 0 Å². The van der Waals surface area contributed by atoms with E-state index in [4.69, 9.17) is 18.6 Å². The third-order valence-electron chi connectivity index (χ3n) is 5.74. The molecule has 0 unspecified atom stereocenters. The number of carbonyl (C=O) groups is 1. The molecule has 0 N–H and O–H groups in total. The lowest BCUT2D eigenvalue weighted by atomic mass is 10.1. The average molecular weight is 449 g/mol. The van der Waals surface area contributed by atoms with Crippen molar-refractivity contribution in [3.8, 4) is 5.75 Å². The van der Waals surface area contributed by atoms with E-state index in [1.54, 1.807) is 13.2 Å². The topological polar surface area (TPSA) is 54.0 Å². The molecule has 5 nitrogen and oxygen atoms in total. The van der Waals surface area contributed by atoms with E-state index in [2.05, 4.69) is 40.4 Å². The molecule has 1 aromatic rings. The van der Waals surface area contributed by atoms with Gasteiger partial charge in [-0.05, 0) is 61.2 Å². The molecular formula is C25H40O5Si. The summed E-state index contributed by atoms with van der Waals surface area (Å²) in [6.07, 6.45) is 7.30. The first-order valence-corrected chi connectivity index (χ1v) is 13.7. The molecular weight excluding hydrogens is 408 g/mol. The average Bonchev–Trinajstić information content (AvgIpc) is 2.72. The fourth-order valence-corrected chi connectivity index (χ4v) is 4.17. The van der Waals surface area contributed by atoms with Gasteiger partial charge in [-0.3, -0.25) is 0 Å². The summed E-state index contributed by atoms with van der Waals surface area (Å²) in [5.74, 6) is 0.416. The van der Waals surface area contributed by atoms with E-state index in [9.17, 15) is 4.79 Å². The van der Waals surface area contributed by atoms with E-state index in [1.165, 1.54) is 13.2 Å². The van der Waals surface area contributed by atoms with E-state index >= 15 is 0 Å². The second-order valence-corrected chi connectivity index (χ2v) is 13.9. The standard InChI is InChI=1S/C25H40O5Si/c1-9-10-23(30-31(7,8)25(2,3)4)16-15-22(17-18-24(26)28-6)29-19-20-11-13-21(27-5)14-12-20/h9,11-14,17-18,22-23H,1,10,15-16,19H2,2-8H3/b18-17+/t22-,23+/m0/s1. The number of hydrogen-bond donors (Lipinski definition) is 0. The van der Waals surface area contributed by atoms with E-state index in [-0.39, 0.29) is 17.2 Å². The van der Waals surface area contributed by atoms with Crippen molar-refractivity contribution in [2.24, 2.45) is 0 Å². The van der Waals surface area contributed by atoms with Crippen LogP contribution in [0, 0.1) is 0 Å². The van der Waals surface area contributed by atoms with Gasteiger partial charge in [-0.15, -0.1) is 6.58 Å². The largest absolute Gasteiger partial charge is 0.497 e. The maximum absolute atomic E-state index is 11.6. The van der Waals surface area contributed by atoms with Crippen molar-refractivity contribution in [2.75, 3.05) is 14.2 Å². The van der Waals surface area contributed by atoms with Crippen LogP contribution in [-0.4, -0.2) is 40.7 Å². The number of methoxy groups -OCH3 is 2. The van der Waals surface area contributed by atoms with Crippen molar-refractivity contribution < 1.29 is 23.4 Å². The molecule has 31 heavy (non-hydrogen) atoms. The molecule has 0 aromatic heterocycles. The van der Waals surface area contributed by atoms with Crippen LogP contribution in [-0.2, 0) is 25.3 Å². The Morgan fingerprint density at radius 3 is 2.29 bits per heavy atom. The minimum Gasteiger partial charge on any atom is -0.497 e. The second-order valence-electron chi connectivity index (χ2n) is 9.18. The van der Waals surface area contributed by atoms with Gasteiger partial charge in [0.2, 0.25) is 0 Å². The first kappa shape index (κ1) is 27.1. The lowest BCUT2D eigenvalue weighted by molar-refractivity contribution is -0.134. The van der Waals surface area contributed by atoms with Crippen LogP contribution in [0.5, 0.6) is 5.75 Å². The Morgan fingerprint density at radius 2 is 1.77 bits per heavy atom. The number of hydrogen-bond acceptors (Lipinski definition) is 5. The Morgan fingerprint density at radius 1 is 1.13 bits per heavy atom. The number of esters is 1. The van der Waals surface area contributed by atoms with Crippen molar-refractivity contribution in [2.45, 2.75) is 77.0 Å². The molecule has 0 aliphatic carbocycles.